The summed E-state index contributed by atoms with van der Waals surface area (Å²) >= 11 is 0. The molecule has 0 spiro atoms. The number of carbonyl (C=O) groups is 2. The molecule has 142 valence electrons. The molecule has 3 aromatic carbocycles. The van der Waals surface area contributed by atoms with Crippen molar-refractivity contribution in [2.75, 3.05) is 16.8 Å². The lowest BCUT2D eigenvalue weighted by Gasteiger charge is -2.23. The molecule has 0 bridgehead atoms. The van der Waals surface area contributed by atoms with Gasteiger partial charge in [0.25, 0.3) is 11.8 Å². The highest BCUT2D eigenvalue weighted by Crippen LogP contribution is 2.24. The highest BCUT2D eigenvalue weighted by Gasteiger charge is 2.19. The molecule has 0 atom stereocenters. The number of rotatable bonds is 5. The van der Waals surface area contributed by atoms with Crippen LogP contribution in [0.5, 0.6) is 0 Å². The van der Waals surface area contributed by atoms with Gasteiger partial charge in [-0.2, -0.15) is 0 Å². The molecule has 0 unspecified atom stereocenters. The highest BCUT2D eigenvalue weighted by atomic mass is 16.2. The molecule has 0 aromatic heterocycles. The van der Waals surface area contributed by atoms with Crippen LogP contribution in [0.25, 0.3) is 0 Å². The second-order valence-corrected chi connectivity index (χ2v) is 6.69. The van der Waals surface area contributed by atoms with Gasteiger partial charge in [-0.3, -0.25) is 9.59 Å². The molecule has 1 N–H and O–H groups in total. The Bertz CT molecular complexity index is 996. The predicted octanol–water partition coefficient (Wildman–Crippen LogP) is 5.22. The van der Waals surface area contributed by atoms with Crippen LogP contribution in [0.4, 0.5) is 11.4 Å². The average Bonchev–Trinajstić information content (AvgIpc) is 2.72. The number of anilines is 2. The van der Waals surface area contributed by atoms with Crippen LogP contribution in [0.2, 0.25) is 0 Å². The van der Waals surface area contributed by atoms with Crippen molar-refractivity contribution in [3.63, 3.8) is 0 Å². The lowest BCUT2D eigenvalue weighted by atomic mass is 10.1. The highest BCUT2D eigenvalue weighted by molar-refractivity contribution is 6.09. The van der Waals surface area contributed by atoms with Crippen molar-refractivity contribution in [2.24, 2.45) is 0 Å². The van der Waals surface area contributed by atoms with E-state index in [0.717, 1.165) is 16.8 Å². The molecule has 0 saturated heterocycles. The Morgan fingerprint density at radius 2 is 1.50 bits per heavy atom. The van der Waals surface area contributed by atoms with Crippen LogP contribution in [-0.4, -0.2) is 18.4 Å². The summed E-state index contributed by atoms with van der Waals surface area (Å²) in [6, 6.07) is 22.3. The number of hydrogen-bond acceptors (Lipinski definition) is 2. The summed E-state index contributed by atoms with van der Waals surface area (Å²) < 4.78 is 0. The van der Waals surface area contributed by atoms with Gasteiger partial charge < -0.3 is 10.2 Å². The van der Waals surface area contributed by atoms with E-state index in [-0.39, 0.29) is 11.8 Å². The predicted molar refractivity (Wildman–Crippen MR) is 114 cm³/mol. The smallest absolute Gasteiger partial charge is 0.258 e. The standard InChI is InChI=1S/C24H24N2O2/c1-4-26(22-13-9-8-10-18(22)3)24(28)20-15-14-17(2)21(16-20)25-23(27)19-11-6-5-7-12-19/h5-16H,4H2,1-3H3,(H,25,27). The topological polar surface area (TPSA) is 49.4 Å². The van der Waals surface area contributed by atoms with Gasteiger partial charge in [0.15, 0.2) is 0 Å². The second kappa shape index (κ2) is 8.53. The van der Waals surface area contributed by atoms with Crippen LogP contribution >= 0.6 is 0 Å². The van der Waals surface area contributed by atoms with Crippen molar-refractivity contribution < 1.29 is 9.59 Å². The Kier molecular flexibility index (Phi) is 5.90. The minimum atomic E-state index is -0.195. The molecule has 0 heterocycles. The zero-order valence-electron chi connectivity index (χ0n) is 16.4. The molecule has 3 aromatic rings. The number of amides is 2. The first-order valence-corrected chi connectivity index (χ1v) is 9.35. The van der Waals surface area contributed by atoms with Gasteiger partial charge in [-0.25, -0.2) is 0 Å². The molecule has 4 nitrogen and oxygen atoms in total. The lowest BCUT2D eigenvalue weighted by molar-refractivity contribution is 0.0985. The van der Waals surface area contributed by atoms with Crippen molar-refractivity contribution >= 4 is 23.2 Å². The first kappa shape index (κ1) is 19.4. The number of hydrogen-bond donors (Lipinski definition) is 1. The summed E-state index contributed by atoms with van der Waals surface area (Å²) in [4.78, 5) is 27.4. The van der Waals surface area contributed by atoms with Gasteiger partial charge in [0.05, 0.1) is 0 Å². The third-order valence-corrected chi connectivity index (χ3v) is 4.74. The van der Waals surface area contributed by atoms with E-state index in [2.05, 4.69) is 5.32 Å². The molecule has 0 fully saturated rings. The van der Waals surface area contributed by atoms with Gasteiger partial charge in [0.1, 0.15) is 0 Å². The van der Waals surface area contributed by atoms with Crippen LogP contribution in [0, 0.1) is 13.8 Å². The summed E-state index contributed by atoms with van der Waals surface area (Å²) in [7, 11) is 0. The third-order valence-electron chi connectivity index (χ3n) is 4.74. The Balaban J connectivity index is 1.89. The molecule has 3 rings (SSSR count). The van der Waals surface area contributed by atoms with Gasteiger partial charge in [-0.1, -0.05) is 42.5 Å². The Morgan fingerprint density at radius 1 is 0.821 bits per heavy atom. The quantitative estimate of drug-likeness (QED) is 0.667. The molecule has 2 amide bonds. The molecule has 0 aliphatic carbocycles. The van der Waals surface area contributed by atoms with E-state index in [0.29, 0.717) is 23.4 Å². The first-order chi connectivity index (χ1) is 13.5. The summed E-state index contributed by atoms with van der Waals surface area (Å²) in [5.41, 5.74) is 4.60. The zero-order valence-corrected chi connectivity index (χ0v) is 16.4. The Morgan fingerprint density at radius 3 is 2.18 bits per heavy atom. The van der Waals surface area contributed by atoms with Crippen molar-refractivity contribution in [3.05, 3.63) is 95.1 Å². The molecular weight excluding hydrogens is 348 g/mol. The van der Waals surface area contributed by atoms with Gasteiger partial charge in [0.2, 0.25) is 0 Å². The maximum Gasteiger partial charge on any atom is 0.258 e. The average molecular weight is 372 g/mol. The molecule has 4 heteroatoms. The van der Waals surface area contributed by atoms with E-state index in [9.17, 15) is 9.59 Å². The summed E-state index contributed by atoms with van der Waals surface area (Å²) in [5, 5.41) is 2.92. The maximum atomic E-state index is 13.2. The molecular formula is C24H24N2O2. The van der Waals surface area contributed by atoms with E-state index in [1.54, 1.807) is 29.2 Å². The van der Waals surface area contributed by atoms with Gasteiger partial charge in [-0.15, -0.1) is 0 Å². The number of nitrogens with one attached hydrogen (secondary N) is 1. The second-order valence-electron chi connectivity index (χ2n) is 6.69. The molecule has 0 aliphatic rings. The monoisotopic (exact) mass is 372 g/mol. The van der Waals surface area contributed by atoms with E-state index in [4.69, 9.17) is 0 Å². The Hall–Kier alpha value is -3.40. The largest absolute Gasteiger partial charge is 0.322 e. The fourth-order valence-electron chi connectivity index (χ4n) is 3.12. The fraction of sp³-hybridized carbons (Fsp3) is 0.167. The first-order valence-electron chi connectivity index (χ1n) is 9.35. The van der Waals surface area contributed by atoms with Gasteiger partial charge in [-0.05, 0) is 62.2 Å². The lowest BCUT2D eigenvalue weighted by Crippen LogP contribution is -2.31. The zero-order chi connectivity index (χ0) is 20.1. The van der Waals surface area contributed by atoms with Gasteiger partial charge >= 0.3 is 0 Å². The van der Waals surface area contributed by atoms with E-state index < -0.39 is 0 Å². The van der Waals surface area contributed by atoms with Crippen molar-refractivity contribution in [3.8, 4) is 0 Å². The SMILES string of the molecule is CCN(C(=O)c1ccc(C)c(NC(=O)c2ccccc2)c1)c1ccccc1C. The number of aryl methyl sites for hydroxylation is 2. The van der Waals surface area contributed by atoms with Crippen LogP contribution in [0.3, 0.4) is 0 Å². The number of para-hydroxylation sites is 1. The summed E-state index contributed by atoms with van der Waals surface area (Å²) in [6.07, 6.45) is 0. The van der Waals surface area contributed by atoms with Crippen LogP contribution in [-0.2, 0) is 0 Å². The molecule has 0 saturated carbocycles. The number of carbonyl (C=O) groups excluding carboxylic acids is 2. The summed E-state index contributed by atoms with van der Waals surface area (Å²) in [5.74, 6) is -0.286. The fourth-order valence-corrected chi connectivity index (χ4v) is 3.12. The van der Waals surface area contributed by atoms with E-state index in [1.807, 2.05) is 69.3 Å². The number of benzene rings is 3. The van der Waals surface area contributed by atoms with Gasteiger partial charge in [0, 0.05) is 29.0 Å². The van der Waals surface area contributed by atoms with Crippen LogP contribution in [0.15, 0.2) is 72.8 Å². The third kappa shape index (κ3) is 4.12. The molecule has 0 radical (unpaired) electrons. The van der Waals surface area contributed by atoms with Crippen molar-refractivity contribution in [2.45, 2.75) is 20.8 Å². The number of nitrogens with zero attached hydrogens (tertiary/aromatic N) is 1. The summed E-state index contributed by atoms with van der Waals surface area (Å²) in [6.45, 7) is 6.42. The Labute approximate surface area is 165 Å². The normalized spacial score (nSPS) is 10.4. The van der Waals surface area contributed by atoms with Crippen molar-refractivity contribution in [1.82, 2.24) is 0 Å². The van der Waals surface area contributed by atoms with Crippen LogP contribution < -0.4 is 10.2 Å². The maximum absolute atomic E-state index is 13.2. The molecule has 28 heavy (non-hydrogen) atoms. The van der Waals surface area contributed by atoms with E-state index >= 15 is 0 Å². The van der Waals surface area contributed by atoms with Crippen molar-refractivity contribution in [1.29, 1.82) is 0 Å². The molecule has 0 aliphatic heterocycles. The minimum absolute atomic E-state index is 0.0907. The van der Waals surface area contributed by atoms with Crippen LogP contribution in [0.1, 0.15) is 38.8 Å². The minimum Gasteiger partial charge on any atom is -0.322 e. The van der Waals surface area contributed by atoms with E-state index in [1.165, 1.54) is 0 Å².